The second-order valence-corrected chi connectivity index (χ2v) is 4.05. The molecule has 16 heavy (non-hydrogen) atoms. The van der Waals surface area contributed by atoms with Crippen molar-refractivity contribution in [1.29, 1.82) is 0 Å². The van der Waals surface area contributed by atoms with E-state index < -0.39 is 20.9 Å². The van der Waals surface area contributed by atoms with E-state index in [0.717, 1.165) is 0 Å². The van der Waals surface area contributed by atoms with E-state index in [9.17, 15) is 20.2 Å². The van der Waals surface area contributed by atoms with Crippen LogP contribution in [0.15, 0.2) is 25.3 Å². The van der Waals surface area contributed by atoms with Crippen molar-refractivity contribution in [3.8, 4) is 0 Å². The fourth-order valence-corrected chi connectivity index (χ4v) is 1.54. The van der Waals surface area contributed by atoms with Crippen molar-refractivity contribution in [2.45, 2.75) is 37.8 Å². The number of nitro groups is 2. The zero-order valence-corrected chi connectivity index (χ0v) is 9.51. The summed E-state index contributed by atoms with van der Waals surface area (Å²) in [5, 5.41) is 22.1. The molecule has 0 aromatic heterocycles. The smallest absolute Gasteiger partial charge is 0.264 e. The summed E-state index contributed by atoms with van der Waals surface area (Å²) < 4.78 is 0. The monoisotopic (exact) mass is 228 g/mol. The van der Waals surface area contributed by atoms with Crippen LogP contribution in [0.4, 0.5) is 0 Å². The highest BCUT2D eigenvalue weighted by Crippen LogP contribution is 2.35. The van der Waals surface area contributed by atoms with Crippen molar-refractivity contribution < 1.29 is 9.85 Å². The molecule has 2 unspecified atom stereocenters. The molecular weight excluding hydrogens is 212 g/mol. The largest absolute Gasteiger partial charge is 0.291 e. The Labute approximate surface area is 94.0 Å². The highest BCUT2D eigenvalue weighted by atomic mass is 16.6. The minimum Gasteiger partial charge on any atom is -0.264 e. The van der Waals surface area contributed by atoms with E-state index in [4.69, 9.17) is 0 Å². The molecule has 0 aromatic rings. The molecule has 0 radical (unpaired) electrons. The van der Waals surface area contributed by atoms with Crippen LogP contribution >= 0.6 is 0 Å². The molecule has 0 aliphatic heterocycles. The molecule has 6 nitrogen and oxygen atoms in total. The predicted octanol–water partition coefficient (Wildman–Crippen LogP) is 2.21. The van der Waals surface area contributed by atoms with Gasteiger partial charge < -0.3 is 0 Å². The van der Waals surface area contributed by atoms with Gasteiger partial charge in [-0.1, -0.05) is 12.2 Å². The molecule has 0 bridgehead atoms. The molecule has 0 saturated carbocycles. The molecule has 0 aliphatic rings. The minimum atomic E-state index is -1.69. The molecule has 0 rings (SSSR count). The Morgan fingerprint density at radius 1 is 1.00 bits per heavy atom. The summed E-state index contributed by atoms with van der Waals surface area (Å²) >= 11 is 0. The summed E-state index contributed by atoms with van der Waals surface area (Å²) in [6.07, 6.45) is 2.53. The third-order valence-corrected chi connectivity index (χ3v) is 3.05. The van der Waals surface area contributed by atoms with E-state index in [1.807, 2.05) is 0 Å². The number of hydrogen-bond acceptors (Lipinski definition) is 4. The van der Waals surface area contributed by atoms with Crippen LogP contribution in [0.5, 0.6) is 0 Å². The lowest BCUT2D eigenvalue weighted by Gasteiger charge is -2.30. The summed E-state index contributed by atoms with van der Waals surface area (Å²) in [7, 11) is 0. The van der Waals surface area contributed by atoms with Crippen LogP contribution in [-0.2, 0) is 0 Å². The standard InChI is InChI=1S/C10H16N2O4/c1-5-7-9(3,11(13)14)10(4,8-6-2)12(15)16/h5-6H,1-2,7-8H2,3-4H3. The van der Waals surface area contributed by atoms with Gasteiger partial charge in [-0.15, -0.1) is 13.2 Å². The molecule has 0 spiro atoms. The van der Waals surface area contributed by atoms with E-state index >= 15 is 0 Å². The molecule has 0 saturated heterocycles. The van der Waals surface area contributed by atoms with Gasteiger partial charge in [-0.05, 0) is 0 Å². The van der Waals surface area contributed by atoms with E-state index in [0.29, 0.717) is 0 Å². The second-order valence-electron chi connectivity index (χ2n) is 4.05. The van der Waals surface area contributed by atoms with E-state index in [1.54, 1.807) is 0 Å². The van der Waals surface area contributed by atoms with Gasteiger partial charge in [-0.25, -0.2) is 0 Å². The first-order valence-corrected chi connectivity index (χ1v) is 4.77. The second kappa shape index (κ2) is 4.87. The molecule has 90 valence electrons. The van der Waals surface area contributed by atoms with Gasteiger partial charge in [0, 0.05) is 36.5 Å². The zero-order valence-electron chi connectivity index (χ0n) is 9.51. The zero-order chi connectivity index (χ0) is 13.0. The normalized spacial score (nSPS) is 17.9. The van der Waals surface area contributed by atoms with Crippen molar-refractivity contribution in [2.75, 3.05) is 0 Å². The number of rotatable bonds is 7. The lowest BCUT2D eigenvalue weighted by Crippen LogP contribution is -2.59. The van der Waals surface area contributed by atoms with Crippen LogP contribution in [0.25, 0.3) is 0 Å². The Balaban J connectivity index is 5.59. The third-order valence-electron chi connectivity index (χ3n) is 3.05. The first-order valence-electron chi connectivity index (χ1n) is 4.77. The quantitative estimate of drug-likeness (QED) is 0.379. The van der Waals surface area contributed by atoms with Gasteiger partial charge in [0.05, 0.1) is 0 Å². The first kappa shape index (κ1) is 14.3. The van der Waals surface area contributed by atoms with Crippen molar-refractivity contribution in [2.24, 2.45) is 0 Å². The topological polar surface area (TPSA) is 86.3 Å². The molecule has 0 N–H and O–H groups in total. The van der Waals surface area contributed by atoms with Crippen LogP contribution < -0.4 is 0 Å². The summed E-state index contributed by atoms with van der Waals surface area (Å²) in [5.41, 5.74) is -3.38. The molecule has 0 fully saturated rings. The maximum absolute atomic E-state index is 11.1. The van der Waals surface area contributed by atoms with Gasteiger partial charge in [0.2, 0.25) is 0 Å². The van der Waals surface area contributed by atoms with E-state index in [-0.39, 0.29) is 12.8 Å². The van der Waals surface area contributed by atoms with Crippen molar-refractivity contribution in [3.63, 3.8) is 0 Å². The Bertz CT molecular complexity index is 297. The van der Waals surface area contributed by atoms with Crippen LogP contribution in [-0.4, -0.2) is 20.9 Å². The van der Waals surface area contributed by atoms with Gasteiger partial charge in [0.15, 0.2) is 0 Å². The molecule has 0 amide bonds. The van der Waals surface area contributed by atoms with E-state index in [2.05, 4.69) is 13.2 Å². The Morgan fingerprint density at radius 3 is 1.38 bits per heavy atom. The average molecular weight is 228 g/mol. The third kappa shape index (κ3) is 2.10. The van der Waals surface area contributed by atoms with Crippen LogP contribution in [0.1, 0.15) is 26.7 Å². The fourth-order valence-electron chi connectivity index (χ4n) is 1.54. The Morgan fingerprint density at radius 2 is 1.25 bits per heavy atom. The van der Waals surface area contributed by atoms with Crippen LogP contribution in [0, 0.1) is 20.2 Å². The van der Waals surface area contributed by atoms with Crippen molar-refractivity contribution >= 4 is 0 Å². The fraction of sp³-hybridized carbons (Fsp3) is 0.600. The van der Waals surface area contributed by atoms with Gasteiger partial charge >= 0.3 is 0 Å². The van der Waals surface area contributed by atoms with Crippen molar-refractivity contribution in [1.82, 2.24) is 0 Å². The highest BCUT2D eigenvalue weighted by molar-refractivity contribution is 5.01. The van der Waals surface area contributed by atoms with Crippen LogP contribution in [0.2, 0.25) is 0 Å². The van der Waals surface area contributed by atoms with Gasteiger partial charge in [0.25, 0.3) is 11.1 Å². The molecule has 6 heteroatoms. The summed E-state index contributed by atoms with van der Waals surface area (Å²) in [6.45, 7) is 9.35. The van der Waals surface area contributed by atoms with E-state index in [1.165, 1.54) is 26.0 Å². The minimum absolute atomic E-state index is 0.0642. The number of nitrogens with zero attached hydrogens (tertiary/aromatic N) is 2. The molecule has 0 aliphatic carbocycles. The summed E-state index contributed by atoms with van der Waals surface area (Å²) in [6, 6.07) is 0. The maximum Gasteiger partial charge on any atom is 0.291 e. The Hall–Kier alpha value is -1.72. The summed E-state index contributed by atoms with van der Waals surface area (Å²) in [5.74, 6) is 0. The van der Waals surface area contributed by atoms with Crippen LogP contribution in [0.3, 0.4) is 0 Å². The lowest BCUT2D eigenvalue weighted by molar-refractivity contribution is -0.679. The van der Waals surface area contributed by atoms with Gasteiger partial charge in [-0.2, -0.15) is 0 Å². The molecule has 2 atom stereocenters. The molecule has 0 heterocycles. The maximum atomic E-state index is 11.1. The Kier molecular flexibility index (Phi) is 4.35. The molecular formula is C10H16N2O4. The predicted molar refractivity (Wildman–Crippen MR) is 60.4 cm³/mol. The SMILES string of the molecule is C=CCC(C)([N+](=O)[O-])C(C)(CC=C)[N+](=O)[O-]. The summed E-state index contributed by atoms with van der Waals surface area (Å²) in [4.78, 5) is 20.9. The van der Waals surface area contributed by atoms with Gasteiger partial charge in [0.1, 0.15) is 0 Å². The average Bonchev–Trinajstić information content (AvgIpc) is 2.17. The number of hydrogen-bond donors (Lipinski definition) is 0. The highest BCUT2D eigenvalue weighted by Gasteiger charge is 2.62. The van der Waals surface area contributed by atoms with Crippen molar-refractivity contribution in [3.05, 3.63) is 45.5 Å². The van der Waals surface area contributed by atoms with Gasteiger partial charge in [-0.3, -0.25) is 20.2 Å². The first-order chi connectivity index (χ1) is 7.26. The molecule has 0 aromatic carbocycles. The lowest BCUT2D eigenvalue weighted by atomic mass is 9.75.